The minimum atomic E-state index is -3.29. The second-order valence-corrected chi connectivity index (χ2v) is 7.59. The Balaban J connectivity index is 2.40. The summed E-state index contributed by atoms with van der Waals surface area (Å²) < 4.78 is 29.3. The molecule has 1 aromatic carbocycles. The average Bonchev–Trinajstić information content (AvgIpc) is 3.07. The van der Waals surface area contributed by atoms with E-state index in [2.05, 4.69) is 6.07 Å². The van der Waals surface area contributed by atoms with Crippen molar-refractivity contribution in [2.24, 2.45) is 5.41 Å². The summed E-state index contributed by atoms with van der Waals surface area (Å²) in [6.45, 7) is 4.45. The molecule has 1 aromatic rings. The van der Waals surface area contributed by atoms with Gasteiger partial charge in [0.05, 0.1) is 17.9 Å². The van der Waals surface area contributed by atoms with Crippen molar-refractivity contribution in [1.29, 1.82) is 5.26 Å². The number of aryl methyl sites for hydroxylation is 1. The van der Waals surface area contributed by atoms with Crippen LogP contribution in [0.5, 0.6) is 0 Å². The van der Waals surface area contributed by atoms with Crippen LogP contribution in [0.25, 0.3) is 0 Å². The molecule has 0 unspecified atom stereocenters. The quantitative estimate of drug-likeness (QED) is 0.833. The number of benzene rings is 1. The molecule has 4 nitrogen and oxygen atoms in total. The molecule has 0 amide bonds. The Morgan fingerprint density at radius 3 is 2.40 bits per heavy atom. The zero-order chi connectivity index (χ0) is 15.0. The van der Waals surface area contributed by atoms with Gasteiger partial charge >= 0.3 is 0 Å². The van der Waals surface area contributed by atoms with Crippen molar-refractivity contribution in [2.75, 3.05) is 19.5 Å². The molecular formula is C15H19NO3S. The normalized spacial score (nSPS) is 28.9. The van der Waals surface area contributed by atoms with E-state index in [1.165, 1.54) is 6.26 Å². The van der Waals surface area contributed by atoms with Crippen molar-refractivity contribution in [3.63, 3.8) is 0 Å². The lowest BCUT2D eigenvalue weighted by atomic mass is 10.0. The highest BCUT2D eigenvalue weighted by Crippen LogP contribution is 2.62. The highest BCUT2D eigenvalue weighted by atomic mass is 32.2. The average molecular weight is 293 g/mol. The molecule has 3 atom stereocenters. The zero-order valence-electron chi connectivity index (χ0n) is 12.0. The number of nitriles is 1. The molecule has 108 valence electrons. The van der Waals surface area contributed by atoms with Crippen molar-refractivity contribution in [3.8, 4) is 6.07 Å². The smallest absolute Gasteiger partial charge is 0.152 e. The first-order chi connectivity index (χ1) is 9.36. The lowest BCUT2D eigenvalue weighted by Crippen LogP contribution is -2.18. The Kier molecular flexibility index (Phi) is 3.90. The molecule has 1 fully saturated rings. The van der Waals surface area contributed by atoms with Crippen molar-refractivity contribution in [1.82, 2.24) is 0 Å². The second kappa shape index (κ2) is 5.19. The Bertz CT molecular complexity index is 630. The first kappa shape index (κ1) is 15.0. The number of nitrogens with zero attached hydrogens (tertiary/aromatic N) is 1. The molecule has 0 aromatic heterocycles. The monoisotopic (exact) mass is 293 g/mol. The van der Waals surface area contributed by atoms with Gasteiger partial charge in [0, 0.05) is 18.8 Å². The van der Waals surface area contributed by atoms with Crippen molar-refractivity contribution >= 4 is 9.84 Å². The van der Waals surface area contributed by atoms with E-state index in [0.29, 0.717) is 6.61 Å². The van der Waals surface area contributed by atoms with Crippen LogP contribution in [-0.4, -0.2) is 33.1 Å². The molecule has 0 radical (unpaired) electrons. The third-order valence-electron chi connectivity index (χ3n) is 3.91. The predicted molar refractivity (Wildman–Crippen MR) is 77.1 cm³/mol. The summed E-state index contributed by atoms with van der Waals surface area (Å²) in [5.41, 5.74) is 1.06. The molecule has 0 spiro atoms. The first-order valence-corrected chi connectivity index (χ1v) is 8.56. The number of sulfone groups is 1. The van der Waals surface area contributed by atoms with Gasteiger partial charge in [-0.25, -0.2) is 8.42 Å². The van der Waals surface area contributed by atoms with Crippen LogP contribution in [0.15, 0.2) is 24.3 Å². The number of hydrogen-bond donors (Lipinski definition) is 0. The molecular weight excluding hydrogens is 274 g/mol. The third-order valence-corrected chi connectivity index (χ3v) is 5.52. The fraction of sp³-hybridized carbons (Fsp3) is 0.533. The number of rotatable bonds is 5. The van der Waals surface area contributed by atoms with E-state index < -0.39 is 20.5 Å². The minimum Gasteiger partial charge on any atom is -0.380 e. The third kappa shape index (κ3) is 2.46. The Labute approximate surface area is 120 Å². The van der Waals surface area contributed by atoms with Gasteiger partial charge in [-0.3, -0.25) is 0 Å². The van der Waals surface area contributed by atoms with Crippen LogP contribution in [0.4, 0.5) is 0 Å². The summed E-state index contributed by atoms with van der Waals surface area (Å²) in [6, 6.07) is 9.90. The standard InChI is InChI=1S/C15H19NO3S/c1-4-19-10-15(9-16)13(14(15)20(3,17)18)12-7-5-11(2)6-8-12/h5-8,13-14H,4,10H2,1-3H3/t13-,14+,15-/m1/s1. The molecule has 0 saturated heterocycles. The number of ether oxygens (including phenoxy) is 1. The van der Waals surface area contributed by atoms with Gasteiger partial charge in [0.15, 0.2) is 9.84 Å². The molecule has 1 saturated carbocycles. The largest absolute Gasteiger partial charge is 0.380 e. The van der Waals surface area contributed by atoms with E-state index in [1.54, 1.807) is 0 Å². The highest BCUT2D eigenvalue weighted by Gasteiger charge is 2.71. The Morgan fingerprint density at radius 2 is 1.95 bits per heavy atom. The summed E-state index contributed by atoms with van der Waals surface area (Å²) in [6.07, 6.45) is 1.20. The van der Waals surface area contributed by atoms with Gasteiger partial charge in [-0.05, 0) is 19.4 Å². The first-order valence-electron chi connectivity index (χ1n) is 6.61. The topological polar surface area (TPSA) is 67.2 Å². The van der Waals surface area contributed by atoms with Gasteiger partial charge in [0.2, 0.25) is 0 Å². The van der Waals surface area contributed by atoms with Crippen molar-refractivity contribution in [2.45, 2.75) is 25.0 Å². The SMILES string of the molecule is CCOC[C@]1(C#N)[C@H](c2ccc(C)cc2)[C@@H]1S(C)(=O)=O. The van der Waals surface area contributed by atoms with E-state index in [9.17, 15) is 13.7 Å². The van der Waals surface area contributed by atoms with Gasteiger partial charge in [-0.2, -0.15) is 5.26 Å². The van der Waals surface area contributed by atoms with Crippen LogP contribution >= 0.6 is 0 Å². The van der Waals surface area contributed by atoms with Crippen LogP contribution in [0.2, 0.25) is 0 Å². The molecule has 1 aliphatic rings. The Hall–Kier alpha value is -1.38. The fourth-order valence-electron chi connectivity index (χ4n) is 2.89. The predicted octanol–water partition coefficient (Wildman–Crippen LogP) is 2.05. The van der Waals surface area contributed by atoms with Crippen LogP contribution < -0.4 is 0 Å². The number of hydrogen-bond acceptors (Lipinski definition) is 4. The van der Waals surface area contributed by atoms with E-state index in [4.69, 9.17) is 4.74 Å². The zero-order valence-corrected chi connectivity index (χ0v) is 12.8. The fourth-order valence-corrected chi connectivity index (χ4v) is 4.74. The summed E-state index contributed by atoms with van der Waals surface area (Å²) in [5, 5.41) is 8.84. The van der Waals surface area contributed by atoms with Gasteiger partial charge < -0.3 is 4.74 Å². The molecule has 0 heterocycles. The van der Waals surface area contributed by atoms with Crippen LogP contribution in [0, 0.1) is 23.7 Å². The molecule has 20 heavy (non-hydrogen) atoms. The van der Waals surface area contributed by atoms with Crippen LogP contribution in [0.3, 0.4) is 0 Å². The molecule has 0 N–H and O–H groups in total. The summed E-state index contributed by atoms with van der Waals surface area (Å²) in [7, 11) is -3.29. The lowest BCUT2D eigenvalue weighted by molar-refractivity contribution is 0.117. The van der Waals surface area contributed by atoms with E-state index >= 15 is 0 Å². The molecule has 2 rings (SSSR count). The maximum Gasteiger partial charge on any atom is 0.152 e. The minimum absolute atomic E-state index is 0.163. The van der Waals surface area contributed by atoms with Gasteiger partial charge in [0.1, 0.15) is 5.41 Å². The van der Waals surface area contributed by atoms with E-state index in [-0.39, 0.29) is 12.5 Å². The van der Waals surface area contributed by atoms with E-state index in [1.807, 2.05) is 38.1 Å². The Morgan fingerprint density at radius 1 is 1.35 bits per heavy atom. The highest BCUT2D eigenvalue weighted by molar-refractivity contribution is 7.91. The lowest BCUT2D eigenvalue weighted by Gasteiger charge is -2.08. The van der Waals surface area contributed by atoms with Gasteiger partial charge in [-0.15, -0.1) is 0 Å². The van der Waals surface area contributed by atoms with Crippen molar-refractivity contribution < 1.29 is 13.2 Å². The summed E-state index contributed by atoms with van der Waals surface area (Å²) in [4.78, 5) is 0. The molecule has 5 heteroatoms. The summed E-state index contributed by atoms with van der Waals surface area (Å²) in [5.74, 6) is -0.297. The maximum absolute atomic E-state index is 12.0. The van der Waals surface area contributed by atoms with Crippen molar-refractivity contribution in [3.05, 3.63) is 35.4 Å². The molecule has 1 aliphatic carbocycles. The second-order valence-electron chi connectivity index (χ2n) is 5.43. The van der Waals surface area contributed by atoms with E-state index in [0.717, 1.165) is 11.1 Å². The molecule has 0 aliphatic heterocycles. The van der Waals surface area contributed by atoms with Gasteiger partial charge in [-0.1, -0.05) is 29.8 Å². The van der Waals surface area contributed by atoms with Crippen LogP contribution in [0.1, 0.15) is 24.0 Å². The van der Waals surface area contributed by atoms with Gasteiger partial charge in [0.25, 0.3) is 0 Å². The van der Waals surface area contributed by atoms with Crippen LogP contribution in [-0.2, 0) is 14.6 Å². The maximum atomic E-state index is 12.0. The summed E-state index contributed by atoms with van der Waals surface area (Å²) >= 11 is 0. The molecule has 0 bridgehead atoms.